The van der Waals surface area contributed by atoms with E-state index in [-0.39, 0.29) is 11.6 Å². The maximum atomic E-state index is 14.3. The number of nitrogens with zero attached hydrogens (tertiary/aromatic N) is 4. The summed E-state index contributed by atoms with van der Waals surface area (Å²) in [4.78, 5) is 37.8. The van der Waals surface area contributed by atoms with Crippen LogP contribution in [0.4, 0.5) is 5.69 Å². The summed E-state index contributed by atoms with van der Waals surface area (Å²) in [7, 11) is 3.84. The number of ketones is 2. The first-order chi connectivity index (χ1) is 19.0. The molecule has 6 rings (SSSR count). The molecular weight excluding hydrogens is 488 g/mol. The lowest BCUT2D eigenvalue weighted by Crippen LogP contribution is -2.60. The van der Waals surface area contributed by atoms with Gasteiger partial charge >= 0.3 is 0 Å². The van der Waals surface area contributed by atoms with E-state index in [1.807, 2.05) is 42.5 Å². The molecule has 2 aliphatic heterocycles. The zero-order valence-electron chi connectivity index (χ0n) is 22.8. The Labute approximate surface area is 230 Å². The molecule has 7 heteroatoms. The summed E-state index contributed by atoms with van der Waals surface area (Å²) in [6.45, 7) is 7.38. The highest BCUT2D eigenvalue weighted by atomic mass is 16.5. The lowest BCUT2D eigenvalue weighted by Gasteiger charge is -2.44. The first-order valence-electron chi connectivity index (χ1n) is 13.8. The average Bonchev–Trinajstić information content (AvgIpc) is 3.21. The number of hydrogen-bond donors (Lipinski definition) is 0. The molecule has 3 aromatic rings. The van der Waals surface area contributed by atoms with Gasteiger partial charge in [0.1, 0.15) is 5.75 Å². The van der Waals surface area contributed by atoms with Gasteiger partial charge < -0.3 is 14.5 Å². The van der Waals surface area contributed by atoms with Crippen LogP contribution in [-0.4, -0.2) is 92.8 Å². The Balaban J connectivity index is 1.32. The smallest absolute Gasteiger partial charge is 0.196 e. The van der Waals surface area contributed by atoms with Crippen LogP contribution in [-0.2, 0) is 12.1 Å². The highest BCUT2D eigenvalue weighted by Crippen LogP contribution is 2.44. The van der Waals surface area contributed by atoms with Crippen molar-refractivity contribution in [2.75, 3.05) is 71.4 Å². The van der Waals surface area contributed by atoms with Crippen molar-refractivity contribution in [2.45, 2.75) is 12.1 Å². The molecular formula is C32H36N4O3. The third kappa shape index (κ3) is 4.44. The Hall–Kier alpha value is -3.52. The number of benzene rings is 3. The molecule has 0 atom stereocenters. The van der Waals surface area contributed by atoms with Gasteiger partial charge in [-0.2, -0.15) is 0 Å². The monoisotopic (exact) mass is 524 g/mol. The third-order valence-electron chi connectivity index (χ3n) is 8.64. The summed E-state index contributed by atoms with van der Waals surface area (Å²) in [5, 5.41) is 0. The summed E-state index contributed by atoms with van der Waals surface area (Å²) < 4.78 is 5.56. The molecule has 0 aromatic heterocycles. The second kappa shape index (κ2) is 10.6. The van der Waals surface area contributed by atoms with E-state index in [2.05, 4.69) is 44.8 Å². The predicted molar refractivity (Wildman–Crippen MR) is 153 cm³/mol. The van der Waals surface area contributed by atoms with Gasteiger partial charge in [0.2, 0.25) is 0 Å². The molecule has 0 unspecified atom stereocenters. The second-order valence-corrected chi connectivity index (χ2v) is 10.8. The van der Waals surface area contributed by atoms with Crippen molar-refractivity contribution < 1.29 is 14.3 Å². The first kappa shape index (κ1) is 25.7. The number of carbonyl (C=O) groups excluding carboxylic acids is 2. The number of ether oxygens (including phenoxy) is 1. The van der Waals surface area contributed by atoms with E-state index in [1.165, 1.54) is 0 Å². The van der Waals surface area contributed by atoms with Crippen LogP contribution >= 0.6 is 0 Å². The fourth-order valence-corrected chi connectivity index (χ4v) is 6.41. The van der Waals surface area contributed by atoms with Crippen molar-refractivity contribution >= 4 is 17.3 Å². The SMILES string of the molecule is COc1ccccc1CN1CCN(C2(c3cccc(N4CCN(C)CC4)c3)C(=O)c3ccccc3C2=O)CC1. The van der Waals surface area contributed by atoms with Crippen molar-refractivity contribution in [3.05, 3.63) is 95.1 Å². The standard InChI is InChI=1S/C32H36N4O3/c1-33-14-18-35(19-15-33)26-10-7-9-25(22-26)32(30(37)27-11-4-5-12-28(27)31(32)38)36-20-16-34(17-21-36)23-24-8-3-6-13-29(24)39-2/h3-13,22H,14-21,23H2,1-2H3. The molecule has 0 N–H and O–H groups in total. The van der Waals surface area contributed by atoms with E-state index < -0.39 is 5.54 Å². The summed E-state index contributed by atoms with van der Waals surface area (Å²) in [5.74, 6) is 0.683. The minimum absolute atomic E-state index is 0.100. The molecule has 39 heavy (non-hydrogen) atoms. The second-order valence-electron chi connectivity index (χ2n) is 10.8. The van der Waals surface area contributed by atoms with Gasteiger partial charge in [-0.05, 0) is 30.8 Å². The summed E-state index contributed by atoms with van der Waals surface area (Å²) >= 11 is 0. The molecule has 0 radical (unpaired) electrons. The molecule has 2 fully saturated rings. The molecule has 0 amide bonds. The number of para-hydroxylation sites is 1. The van der Waals surface area contributed by atoms with Gasteiger partial charge in [-0.1, -0.05) is 54.6 Å². The van der Waals surface area contributed by atoms with E-state index >= 15 is 0 Å². The van der Waals surface area contributed by atoms with E-state index in [0.29, 0.717) is 24.2 Å². The van der Waals surface area contributed by atoms with Crippen molar-refractivity contribution in [2.24, 2.45) is 0 Å². The number of anilines is 1. The largest absolute Gasteiger partial charge is 0.496 e. The Morgan fingerprint density at radius 3 is 2.05 bits per heavy atom. The number of likely N-dealkylation sites (N-methyl/N-ethyl adjacent to an activating group) is 1. The normalized spacial score (nSPS) is 20.3. The van der Waals surface area contributed by atoms with Crippen LogP contribution in [0.5, 0.6) is 5.75 Å². The highest BCUT2D eigenvalue weighted by Gasteiger charge is 2.58. The van der Waals surface area contributed by atoms with Gasteiger partial charge in [-0.3, -0.25) is 19.4 Å². The van der Waals surface area contributed by atoms with Crippen LogP contribution in [0.25, 0.3) is 0 Å². The Morgan fingerprint density at radius 1 is 0.744 bits per heavy atom. The van der Waals surface area contributed by atoms with Crippen LogP contribution in [0.15, 0.2) is 72.8 Å². The molecule has 2 saturated heterocycles. The Morgan fingerprint density at radius 2 is 1.38 bits per heavy atom. The van der Waals surface area contributed by atoms with Crippen LogP contribution in [0.3, 0.4) is 0 Å². The third-order valence-corrected chi connectivity index (χ3v) is 8.64. The average molecular weight is 525 g/mol. The summed E-state index contributed by atoms with van der Waals surface area (Å²) in [6.07, 6.45) is 0. The molecule has 2 heterocycles. The lowest BCUT2D eigenvalue weighted by molar-refractivity contribution is 0.0278. The van der Waals surface area contributed by atoms with Crippen LogP contribution in [0, 0.1) is 0 Å². The maximum Gasteiger partial charge on any atom is 0.196 e. The molecule has 0 bridgehead atoms. The molecule has 202 valence electrons. The van der Waals surface area contributed by atoms with Crippen molar-refractivity contribution in [1.29, 1.82) is 0 Å². The molecule has 3 aliphatic rings. The lowest BCUT2D eigenvalue weighted by atomic mass is 9.82. The fourth-order valence-electron chi connectivity index (χ4n) is 6.41. The van der Waals surface area contributed by atoms with Crippen LogP contribution in [0.2, 0.25) is 0 Å². The van der Waals surface area contributed by atoms with Crippen LogP contribution in [0.1, 0.15) is 31.8 Å². The number of carbonyl (C=O) groups is 2. The molecule has 0 spiro atoms. The highest BCUT2D eigenvalue weighted by molar-refractivity contribution is 6.32. The molecule has 1 aliphatic carbocycles. The Bertz CT molecular complexity index is 1340. The van der Waals surface area contributed by atoms with Gasteiger partial charge in [0.05, 0.1) is 7.11 Å². The van der Waals surface area contributed by atoms with Gasteiger partial charge in [-0.15, -0.1) is 0 Å². The number of methoxy groups -OCH3 is 1. The van der Waals surface area contributed by atoms with Crippen LogP contribution < -0.4 is 9.64 Å². The first-order valence-corrected chi connectivity index (χ1v) is 13.8. The van der Waals surface area contributed by atoms with Gasteiger partial charge in [0, 0.05) is 81.3 Å². The van der Waals surface area contributed by atoms with Gasteiger partial charge in [0.25, 0.3) is 0 Å². The number of fused-ring (bicyclic) bond motifs is 1. The summed E-state index contributed by atoms with van der Waals surface area (Å²) in [5.41, 5.74) is 2.73. The zero-order valence-corrected chi connectivity index (χ0v) is 22.8. The van der Waals surface area contributed by atoms with Crippen molar-refractivity contribution in [3.8, 4) is 5.75 Å². The molecule has 7 nitrogen and oxygen atoms in total. The topological polar surface area (TPSA) is 56.3 Å². The van der Waals surface area contributed by atoms with Crippen molar-refractivity contribution in [1.82, 2.24) is 14.7 Å². The molecule has 0 saturated carbocycles. The summed E-state index contributed by atoms with van der Waals surface area (Å²) in [6, 6.07) is 23.6. The number of piperazine rings is 2. The Kier molecular flexibility index (Phi) is 6.97. The molecule has 3 aromatic carbocycles. The van der Waals surface area contributed by atoms with Crippen molar-refractivity contribution in [3.63, 3.8) is 0 Å². The minimum atomic E-state index is -1.33. The quantitative estimate of drug-likeness (QED) is 0.457. The van der Waals surface area contributed by atoms with E-state index in [0.717, 1.165) is 68.4 Å². The predicted octanol–water partition coefficient (Wildman–Crippen LogP) is 3.54. The van der Waals surface area contributed by atoms with Gasteiger partial charge in [0.15, 0.2) is 17.1 Å². The number of rotatable bonds is 6. The van der Waals surface area contributed by atoms with E-state index in [4.69, 9.17) is 4.74 Å². The van der Waals surface area contributed by atoms with Gasteiger partial charge in [-0.25, -0.2) is 0 Å². The van der Waals surface area contributed by atoms with E-state index in [1.54, 1.807) is 19.2 Å². The van der Waals surface area contributed by atoms with E-state index in [9.17, 15) is 9.59 Å². The zero-order chi connectivity index (χ0) is 27.0. The number of hydrogen-bond acceptors (Lipinski definition) is 7. The number of Topliss-reactive ketones (excluding diaryl/α,β-unsaturated/α-hetero) is 2. The minimum Gasteiger partial charge on any atom is -0.496 e. The maximum absolute atomic E-state index is 14.3. The fraction of sp³-hybridized carbons (Fsp3) is 0.375.